The van der Waals surface area contributed by atoms with Crippen molar-refractivity contribution < 1.29 is 9.53 Å². The van der Waals surface area contributed by atoms with Gasteiger partial charge < -0.3 is 10.1 Å². The summed E-state index contributed by atoms with van der Waals surface area (Å²) in [6.07, 6.45) is 2.01. The Bertz CT molecular complexity index is 1160. The van der Waals surface area contributed by atoms with E-state index in [1.54, 1.807) is 7.11 Å². The van der Waals surface area contributed by atoms with Crippen molar-refractivity contribution in [2.75, 3.05) is 17.3 Å². The highest BCUT2D eigenvalue weighted by atomic mass is 16.5. The lowest BCUT2D eigenvalue weighted by Crippen LogP contribution is -2.30. The van der Waals surface area contributed by atoms with Crippen molar-refractivity contribution in [2.45, 2.75) is 33.7 Å². The van der Waals surface area contributed by atoms with Gasteiger partial charge in [-0.15, -0.1) is 0 Å². The van der Waals surface area contributed by atoms with Crippen LogP contribution in [0.5, 0.6) is 5.75 Å². The summed E-state index contributed by atoms with van der Waals surface area (Å²) >= 11 is 0. The third-order valence-electron chi connectivity index (χ3n) is 6.06. The van der Waals surface area contributed by atoms with Gasteiger partial charge in [0.05, 0.1) is 13.2 Å². The first-order valence-electron chi connectivity index (χ1n) is 10.5. The number of rotatable bonds is 5. The van der Waals surface area contributed by atoms with Crippen LogP contribution in [0.25, 0.3) is 0 Å². The van der Waals surface area contributed by atoms with Crippen LogP contribution in [0.1, 0.15) is 33.9 Å². The Kier molecular flexibility index (Phi) is 5.55. The zero-order chi connectivity index (χ0) is 22.1. The van der Waals surface area contributed by atoms with Gasteiger partial charge >= 0.3 is 0 Å². The summed E-state index contributed by atoms with van der Waals surface area (Å²) in [5, 5.41) is 3.35. The second kappa shape index (κ2) is 8.31. The molecule has 4 heteroatoms. The van der Waals surface area contributed by atoms with E-state index in [2.05, 4.69) is 57.3 Å². The maximum atomic E-state index is 13.5. The molecule has 158 valence electrons. The second-order valence-electron chi connectivity index (χ2n) is 8.17. The fraction of sp³-hybridized carbons (Fsp3) is 0.222. The first-order valence-corrected chi connectivity index (χ1v) is 10.5. The summed E-state index contributed by atoms with van der Waals surface area (Å²) < 4.78 is 5.31. The first-order chi connectivity index (χ1) is 14.9. The van der Waals surface area contributed by atoms with Gasteiger partial charge in [-0.1, -0.05) is 24.3 Å². The van der Waals surface area contributed by atoms with Crippen molar-refractivity contribution in [3.05, 3.63) is 100 Å². The minimum Gasteiger partial charge on any atom is -0.497 e. The smallest absolute Gasteiger partial charge is 0.275 e. The van der Waals surface area contributed by atoms with E-state index in [1.807, 2.05) is 47.4 Å². The molecule has 0 saturated heterocycles. The molecule has 0 radical (unpaired) electrons. The predicted octanol–water partition coefficient (Wildman–Crippen LogP) is 6.01. The van der Waals surface area contributed by atoms with Gasteiger partial charge in [0.15, 0.2) is 0 Å². The number of amides is 1. The number of hydrogen-bond acceptors (Lipinski definition) is 3. The molecular weight excluding hydrogens is 384 g/mol. The maximum Gasteiger partial charge on any atom is 0.275 e. The molecule has 1 aliphatic heterocycles. The van der Waals surface area contributed by atoms with E-state index in [0.29, 0.717) is 5.70 Å². The van der Waals surface area contributed by atoms with E-state index in [1.165, 1.54) is 16.7 Å². The van der Waals surface area contributed by atoms with E-state index in [9.17, 15) is 4.79 Å². The Morgan fingerprint density at radius 3 is 2.06 bits per heavy atom. The molecule has 3 aromatic carbocycles. The van der Waals surface area contributed by atoms with Crippen molar-refractivity contribution >= 4 is 17.3 Å². The Labute approximate surface area is 184 Å². The molecule has 4 rings (SSSR count). The van der Waals surface area contributed by atoms with Crippen molar-refractivity contribution in [2.24, 2.45) is 0 Å². The van der Waals surface area contributed by atoms with Crippen LogP contribution in [0.15, 0.2) is 72.4 Å². The fourth-order valence-corrected chi connectivity index (χ4v) is 3.83. The summed E-state index contributed by atoms with van der Waals surface area (Å²) in [5.41, 5.74) is 8.21. The molecule has 1 aliphatic rings. The molecule has 1 unspecified atom stereocenters. The lowest BCUT2D eigenvalue weighted by atomic mass is 10.0. The van der Waals surface area contributed by atoms with Crippen LogP contribution >= 0.6 is 0 Å². The molecule has 1 N–H and O–H groups in total. The number of carbonyl (C=O) groups is 1. The zero-order valence-electron chi connectivity index (χ0n) is 18.7. The van der Waals surface area contributed by atoms with E-state index in [0.717, 1.165) is 28.3 Å². The molecule has 0 saturated carbocycles. The van der Waals surface area contributed by atoms with E-state index in [-0.39, 0.29) is 11.9 Å². The number of nitrogens with zero attached hydrogens (tertiary/aromatic N) is 1. The van der Waals surface area contributed by atoms with Crippen LogP contribution < -0.4 is 15.0 Å². The van der Waals surface area contributed by atoms with Gasteiger partial charge in [0, 0.05) is 11.4 Å². The van der Waals surface area contributed by atoms with Crippen LogP contribution in [0.3, 0.4) is 0 Å². The van der Waals surface area contributed by atoms with E-state index in [4.69, 9.17) is 4.74 Å². The molecule has 4 nitrogen and oxygen atoms in total. The van der Waals surface area contributed by atoms with Gasteiger partial charge in [-0.25, -0.2) is 0 Å². The monoisotopic (exact) mass is 412 g/mol. The van der Waals surface area contributed by atoms with Crippen LogP contribution in [0.2, 0.25) is 0 Å². The predicted molar refractivity (Wildman–Crippen MR) is 127 cm³/mol. The van der Waals surface area contributed by atoms with Crippen molar-refractivity contribution in [1.29, 1.82) is 0 Å². The van der Waals surface area contributed by atoms with Gasteiger partial charge in [-0.05, 0) is 98.0 Å². The standard InChI is InChI=1S/C27H28N2O2/c1-17-6-10-22(14-19(17)3)28-25-16-26(21-8-12-24(31-5)13-9-21)29(27(25)30)23-11-7-18(2)20(4)15-23/h6-16,26,28H,1-5H3. The molecule has 3 aromatic rings. The summed E-state index contributed by atoms with van der Waals surface area (Å²) in [5.74, 6) is 0.755. The normalized spacial score (nSPS) is 15.8. The molecule has 0 aliphatic carbocycles. The Hall–Kier alpha value is -3.53. The highest BCUT2D eigenvalue weighted by Gasteiger charge is 2.35. The van der Waals surface area contributed by atoms with E-state index < -0.39 is 0 Å². The fourth-order valence-electron chi connectivity index (χ4n) is 3.83. The van der Waals surface area contributed by atoms with Gasteiger partial charge in [-0.2, -0.15) is 0 Å². The number of methoxy groups -OCH3 is 1. The summed E-state index contributed by atoms with van der Waals surface area (Å²) in [7, 11) is 1.65. The van der Waals surface area contributed by atoms with Crippen LogP contribution in [0, 0.1) is 27.7 Å². The number of hydrogen-bond donors (Lipinski definition) is 1. The van der Waals surface area contributed by atoms with Crippen molar-refractivity contribution in [1.82, 2.24) is 0 Å². The number of aryl methyl sites for hydroxylation is 4. The summed E-state index contributed by atoms with van der Waals surface area (Å²) in [6.45, 7) is 8.31. The second-order valence-corrected chi connectivity index (χ2v) is 8.17. The average molecular weight is 413 g/mol. The first kappa shape index (κ1) is 20.7. The number of ether oxygens (including phenoxy) is 1. The van der Waals surface area contributed by atoms with Crippen molar-refractivity contribution in [3.63, 3.8) is 0 Å². The number of nitrogens with one attached hydrogen (secondary N) is 1. The average Bonchev–Trinajstić information content (AvgIpc) is 3.09. The Morgan fingerprint density at radius 2 is 1.45 bits per heavy atom. The lowest BCUT2D eigenvalue weighted by Gasteiger charge is -2.26. The Balaban J connectivity index is 1.74. The minimum absolute atomic E-state index is 0.0395. The highest BCUT2D eigenvalue weighted by molar-refractivity contribution is 6.11. The summed E-state index contributed by atoms with van der Waals surface area (Å²) in [4.78, 5) is 15.4. The number of anilines is 2. The largest absolute Gasteiger partial charge is 0.497 e. The quantitative estimate of drug-likeness (QED) is 0.558. The Morgan fingerprint density at radius 1 is 0.806 bits per heavy atom. The SMILES string of the molecule is COc1ccc(C2C=C(Nc3ccc(C)c(C)c3)C(=O)N2c2ccc(C)c(C)c2)cc1. The third-order valence-corrected chi connectivity index (χ3v) is 6.06. The molecule has 1 atom stereocenters. The van der Waals surface area contributed by atoms with Crippen molar-refractivity contribution in [3.8, 4) is 5.75 Å². The molecule has 1 heterocycles. The zero-order valence-corrected chi connectivity index (χ0v) is 18.7. The molecule has 1 amide bonds. The summed E-state index contributed by atoms with van der Waals surface area (Å²) in [6, 6.07) is 20.0. The van der Waals surface area contributed by atoms with Gasteiger partial charge in [0.1, 0.15) is 11.4 Å². The van der Waals surface area contributed by atoms with E-state index >= 15 is 0 Å². The third kappa shape index (κ3) is 4.06. The molecular formula is C27H28N2O2. The molecule has 31 heavy (non-hydrogen) atoms. The van der Waals surface area contributed by atoms with Crippen LogP contribution in [-0.4, -0.2) is 13.0 Å². The lowest BCUT2D eigenvalue weighted by molar-refractivity contribution is -0.114. The number of carbonyl (C=O) groups excluding carboxylic acids is 1. The topological polar surface area (TPSA) is 41.6 Å². The molecule has 0 fully saturated rings. The van der Waals surface area contributed by atoms with Crippen LogP contribution in [-0.2, 0) is 4.79 Å². The van der Waals surface area contributed by atoms with Gasteiger partial charge in [0.25, 0.3) is 5.91 Å². The number of benzene rings is 3. The minimum atomic E-state index is -0.199. The maximum absolute atomic E-state index is 13.5. The van der Waals surface area contributed by atoms with Gasteiger partial charge in [0.2, 0.25) is 0 Å². The molecule has 0 aromatic heterocycles. The van der Waals surface area contributed by atoms with Crippen LogP contribution in [0.4, 0.5) is 11.4 Å². The molecule has 0 spiro atoms. The van der Waals surface area contributed by atoms with Gasteiger partial charge in [-0.3, -0.25) is 9.69 Å². The molecule has 0 bridgehead atoms. The highest BCUT2D eigenvalue weighted by Crippen LogP contribution is 2.37.